The highest BCUT2D eigenvalue weighted by atomic mass is 16.5. The molecule has 22 heavy (non-hydrogen) atoms. The van der Waals surface area contributed by atoms with Crippen molar-refractivity contribution in [3.05, 3.63) is 0 Å². The van der Waals surface area contributed by atoms with Gasteiger partial charge in [0.2, 0.25) is 0 Å². The van der Waals surface area contributed by atoms with E-state index in [9.17, 15) is 0 Å². The zero-order valence-electron chi connectivity index (χ0n) is 13.7. The normalized spacial score (nSPS) is 38.6. The summed E-state index contributed by atoms with van der Waals surface area (Å²) >= 11 is 0. The molecule has 0 radical (unpaired) electrons. The van der Waals surface area contributed by atoms with Gasteiger partial charge < -0.3 is 19.7 Å². The summed E-state index contributed by atoms with van der Waals surface area (Å²) in [6, 6.07) is 0. The molecule has 0 saturated carbocycles. The van der Waals surface area contributed by atoms with Crippen LogP contribution in [0.1, 0.15) is 32.6 Å². The number of fused-ring (bicyclic) bond motifs is 5. The van der Waals surface area contributed by atoms with Gasteiger partial charge in [-0.2, -0.15) is 0 Å². The molecule has 4 unspecified atom stereocenters. The van der Waals surface area contributed by atoms with Crippen LogP contribution in [0.15, 0.2) is 4.99 Å². The summed E-state index contributed by atoms with van der Waals surface area (Å²) in [5.41, 5.74) is 0. The van der Waals surface area contributed by atoms with Crippen LogP contribution in [0.3, 0.4) is 0 Å². The topological polar surface area (TPSA) is 46.1 Å². The summed E-state index contributed by atoms with van der Waals surface area (Å²) < 4.78 is 11.5. The highest BCUT2D eigenvalue weighted by molar-refractivity contribution is 5.80. The summed E-state index contributed by atoms with van der Waals surface area (Å²) in [7, 11) is 0. The van der Waals surface area contributed by atoms with E-state index in [1.54, 1.807) is 0 Å². The van der Waals surface area contributed by atoms with Crippen molar-refractivity contribution in [2.75, 3.05) is 39.4 Å². The molecule has 4 heterocycles. The third kappa shape index (κ3) is 2.73. The number of rotatable bonds is 3. The molecule has 4 aliphatic rings. The molecule has 0 aromatic carbocycles. The molecule has 0 spiro atoms. The van der Waals surface area contributed by atoms with E-state index in [0.717, 1.165) is 70.0 Å². The van der Waals surface area contributed by atoms with Crippen molar-refractivity contribution in [1.29, 1.82) is 0 Å². The molecule has 1 N–H and O–H groups in total. The highest BCUT2D eigenvalue weighted by Gasteiger charge is 2.53. The molecule has 5 heteroatoms. The van der Waals surface area contributed by atoms with Gasteiger partial charge in [-0.15, -0.1) is 0 Å². The lowest BCUT2D eigenvalue weighted by atomic mass is 9.82. The quantitative estimate of drug-likeness (QED) is 0.634. The van der Waals surface area contributed by atoms with Crippen LogP contribution < -0.4 is 5.32 Å². The van der Waals surface area contributed by atoms with Crippen molar-refractivity contribution in [3.63, 3.8) is 0 Å². The first-order valence-electron chi connectivity index (χ1n) is 9.11. The maximum Gasteiger partial charge on any atom is 0.193 e. The Bertz CT molecular complexity index is 404. The number of hydrogen-bond donors (Lipinski definition) is 1. The lowest BCUT2D eigenvalue weighted by molar-refractivity contribution is 0.0686. The molecule has 5 nitrogen and oxygen atoms in total. The van der Waals surface area contributed by atoms with E-state index in [1.807, 2.05) is 0 Å². The second-order valence-electron chi connectivity index (χ2n) is 7.27. The van der Waals surface area contributed by atoms with Gasteiger partial charge in [-0.25, -0.2) is 0 Å². The van der Waals surface area contributed by atoms with Crippen molar-refractivity contribution in [2.45, 2.75) is 44.8 Å². The highest BCUT2D eigenvalue weighted by Crippen LogP contribution is 2.47. The minimum absolute atomic E-state index is 0.526. The molecule has 0 aromatic rings. The van der Waals surface area contributed by atoms with Gasteiger partial charge in [0.15, 0.2) is 5.96 Å². The summed E-state index contributed by atoms with van der Waals surface area (Å²) in [6.07, 6.45) is 5.92. The third-order valence-corrected chi connectivity index (χ3v) is 5.93. The second-order valence-corrected chi connectivity index (χ2v) is 7.27. The summed E-state index contributed by atoms with van der Waals surface area (Å²) in [6.45, 7) is 8.13. The zero-order valence-corrected chi connectivity index (χ0v) is 13.7. The molecular formula is C17H29N3O2. The second kappa shape index (κ2) is 6.36. The van der Waals surface area contributed by atoms with E-state index in [1.165, 1.54) is 12.8 Å². The van der Waals surface area contributed by atoms with Gasteiger partial charge >= 0.3 is 0 Å². The van der Waals surface area contributed by atoms with E-state index >= 15 is 0 Å². The van der Waals surface area contributed by atoms with Gasteiger partial charge in [0.1, 0.15) is 0 Å². The molecule has 2 bridgehead atoms. The molecule has 4 rings (SSSR count). The Morgan fingerprint density at radius 2 is 1.77 bits per heavy atom. The number of guanidine groups is 1. The van der Waals surface area contributed by atoms with E-state index < -0.39 is 0 Å². The minimum Gasteiger partial charge on any atom is -0.381 e. The van der Waals surface area contributed by atoms with E-state index in [2.05, 4.69) is 17.1 Å². The first-order valence-corrected chi connectivity index (χ1v) is 9.11. The van der Waals surface area contributed by atoms with Crippen LogP contribution in [0.2, 0.25) is 0 Å². The van der Waals surface area contributed by atoms with Crippen molar-refractivity contribution in [1.82, 2.24) is 10.2 Å². The van der Waals surface area contributed by atoms with Crippen LogP contribution in [0.5, 0.6) is 0 Å². The smallest absolute Gasteiger partial charge is 0.193 e. The molecule has 124 valence electrons. The predicted octanol–water partition coefficient (Wildman–Crippen LogP) is 1.49. The van der Waals surface area contributed by atoms with Crippen LogP contribution in [-0.2, 0) is 9.47 Å². The average Bonchev–Trinajstić information content (AvgIpc) is 3.24. The molecule has 4 saturated heterocycles. The Morgan fingerprint density at radius 3 is 2.41 bits per heavy atom. The van der Waals surface area contributed by atoms with Crippen molar-refractivity contribution in [3.8, 4) is 0 Å². The molecule has 0 amide bonds. The van der Waals surface area contributed by atoms with E-state index in [0.29, 0.717) is 18.1 Å². The maximum absolute atomic E-state index is 6.08. The first kappa shape index (κ1) is 14.8. The van der Waals surface area contributed by atoms with Gasteiger partial charge in [-0.3, -0.25) is 4.99 Å². The number of ether oxygens (including phenoxy) is 2. The largest absolute Gasteiger partial charge is 0.381 e. The lowest BCUT2D eigenvalue weighted by Gasteiger charge is -2.25. The summed E-state index contributed by atoms with van der Waals surface area (Å²) in [5, 5.41) is 3.51. The van der Waals surface area contributed by atoms with Gasteiger partial charge in [0, 0.05) is 51.2 Å². The number of likely N-dealkylation sites (tertiary alicyclic amines) is 1. The fourth-order valence-corrected chi connectivity index (χ4v) is 4.70. The number of nitrogens with zero attached hydrogens (tertiary/aromatic N) is 2. The monoisotopic (exact) mass is 307 g/mol. The Kier molecular flexibility index (Phi) is 4.27. The molecule has 4 atom stereocenters. The minimum atomic E-state index is 0.526. The fourth-order valence-electron chi connectivity index (χ4n) is 4.70. The molecule has 4 fully saturated rings. The van der Waals surface area contributed by atoms with Crippen LogP contribution in [0.4, 0.5) is 0 Å². The van der Waals surface area contributed by atoms with Crippen molar-refractivity contribution < 1.29 is 9.47 Å². The van der Waals surface area contributed by atoms with Crippen LogP contribution >= 0.6 is 0 Å². The van der Waals surface area contributed by atoms with Crippen molar-refractivity contribution >= 4 is 5.96 Å². The van der Waals surface area contributed by atoms with Crippen LogP contribution in [0, 0.1) is 17.8 Å². The van der Waals surface area contributed by atoms with E-state index in [-0.39, 0.29) is 0 Å². The molecule has 0 aromatic heterocycles. The number of aliphatic imine (C=N–C) groups is 1. The molecule has 0 aliphatic carbocycles. The van der Waals surface area contributed by atoms with Crippen molar-refractivity contribution in [2.24, 2.45) is 22.7 Å². The lowest BCUT2D eigenvalue weighted by Crippen LogP contribution is -2.41. The SMILES string of the molecule is CCNC(=NCC1CCOCC1)N1CC2C3CCC(O3)C2C1. The van der Waals surface area contributed by atoms with Crippen LogP contribution in [-0.4, -0.2) is 62.5 Å². The van der Waals surface area contributed by atoms with Gasteiger partial charge in [0.05, 0.1) is 12.2 Å². The fraction of sp³-hybridized carbons (Fsp3) is 0.941. The number of nitrogens with one attached hydrogen (secondary N) is 1. The van der Waals surface area contributed by atoms with Crippen LogP contribution in [0.25, 0.3) is 0 Å². The molecular weight excluding hydrogens is 278 g/mol. The number of hydrogen-bond acceptors (Lipinski definition) is 3. The maximum atomic E-state index is 6.08. The third-order valence-electron chi connectivity index (χ3n) is 5.93. The Hall–Kier alpha value is -0.810. The zero-order chi connectivity index (χ0) is 14.9. The summed E-state index contributed by atoms with van der Waals surface area (Å²) in [5.74, 6) is 3.31. The van der Waals surface area contributed by atoms with Gasteiger partial charge in [-0.05, 0) is 38.5 Å². The van der Waals surface area contributed by atoms with E-state index in [4.69, 9.17) is 14.5 Å². The van der Waals surface area contributed by atoms with Gasteiger partial charge in [0.25, 0.3) is 0 Å². The Balaban J connectivity index is 1.39. The average molecular weight is 307 g/mol. The molecule has 4 aliphatic heterocycles. The Labute approximate surface area is 133 Å². The standard InChI is InChI=1S/C17H29N3O2/c1-2-18-17(19-9-12-5-7-21-8-6-12)20-10-13-14(11-20)16-4-3-15(13)22-16/h12-16H,2-11H2,1H3,(H,18,19). The predicted molar refractivity (Wildman–Crippen MR) is 86.0 cm³/mol. The first-order chi connectivity index (χ1) is 10.8. The summed E-state index contributed by atoms with van der Waals surface area (Å²) in [4.78, 5) is 7.44. The van der Waals surface area contributed by atoms with Gasteiger partial charge in [-0.1, -0.05) is 0 Å². The Morgan fingerprint density at radius 1 is 1.09 bits per heavy atom.